The lowest BCUT2D eigenvalue weighted by atomic mass is 9.98. The van der Waals surface area contributed by atoms with Crippen LogP contribution in [0.3, 0.4) is 0 Å². The van der Waals surface area contributed by atoms with Crippen LogP contribution in [-0.4, -0.2) is 5.37 Å². The van der Waals surface area contributed by atoms with Gasteiger partial charge in [0.2, 0.25) is 0 Å². The van der Waals surface area contributed by atoms with E-state index in [9.17, 15) is 0 Å². The van der Waals surface area contributed by atoms with E-state index in [0.29, 0.717) is 0 Å². The van der Waals surface area contributed by atoms with Crippen molar-refractivity contribution in [3.05, 3.63) is 145 Å². The first-order valence-corrected chi connectivity index (χ1v) is 13.6. The molecule has 1 atom stereocenters. The molecule has 0 bridgehead atoms. The molecule has 1 unspecified atom stereocenters. The molecule has 0 saturated heterocycles. The third-order valence-electron chi connectivity index (χ3n) is 6.30. The third kappa shape index (κ3) is 5.83. The smallest absolute Gasteiger partial charge is 0.0817 e. The summed E-state index contributed by atoms with van der Waals surface area (Å²) in [5.41, 5.74) is 7.92. The zero-order valence-electron chi connectivity index (χ0n) is 20.7. The van der Waals surface area contributed by atoms with E-state index in [1.165, 1.54) is 4.90 Å². The van der Waals surface area contributed by atoms with Gasteiger partial charge in [-0.3, -0.25) is 0 Å². The number of nitrogens with zero attached hydrogens (tertiary/aromatic N) is 1. The molecule has 182 valence electrons. The molecule has 5 aromatic carbocycles. The number of hydrogen-bond donors (Lipinski definition) is 0. The topological polar surface area (TPSA) is 3.24 Å². The Kier molecular flexibility index (Phi) is 7.79. The van der Waals surface area contributed by atoms with E-state index in [2.05, 4.69) is 128 Å². The van der Waals surface area contributed by atoms with Gasteiger partial charge >= 0.3 is 0 Å². The Balaban J connectivity index is 1.51. The highest BCUT2D eigenvalue weighted by Gasteiger charge is 2.19. The van der Waals surface area contributed by atoms with E-state index >= 15 is 0 Å². The fourth-order valence-electron chi connectivity index (χ4n) is 4.52. The monoisotopic (exact) mass is 517 g/mol. The lowest BCUT2D eigenvalue weighted by Gasteiger charge is -2.31. The Morgan fingerprint density at radius 1 is 0.649 bits per heavy atom. The average molecular weight is 518 g/mol. The molecule has 0 aliphatic rings. The van der Waals surface area contributed by atoms with Gasteiger partial charge in [0.1, 0.15) is 0 Å². The lowest BCUT2D eigenvalue weighted by molar-refractivity contribution is 0.956. The third-order valence-corrected chi connectivity index (χ3v) is 7.68. The molecule has 1 nitrogen and oxygen atoms in total. The molecule has 0 spiro atoms. The van der Waals surface area contributed by atoms with Crippen molar-refractivity contribution in [1.82, 2.24) is 0 Å². The zero-order chi connectivity index (χ0) is 25.6. The van der Waals surface area contributed by atoms with Gasteiger partial charge in [0.05, 0.1) is 5.37 Å². The molecule has 0 amide bonds. The van der Waals surface area contributed by atoms with E-state index in [4.69, 9.17) is 11.6 Å². The van der Waals surface area contributed by atoms with Gasteiger partial charge in [-0.15, -0.1) is 11.8 Å². The first-order chi connectivity index (χ1) is 18.1. The fraction of sp³-hybridized carbons (Fsp3) is 0.0588. The van der Waals surface area contributed by atoms with Gasteiger partial charge in [0.25, 0.3) is 0 Å². The van der Waals surface area contributed by atoms with E-state index in [1.54, 1.807) is 0 Å². The van der Waals surface area contributed by atoms with E-state index in [-0.39, 0.29) is 5.37 Å². The number of thioether (sulfide) groups is 1. The molecule has 0 radical (unpaired) electrons. The molecule has 5 aromatic rings. The second-order valence-corrected chi connectivity index (χ2v) is 10.6. The molecular formula is C34H28ClNS. The molecule has 0 aliphatic heterocycles. The Bertz CT molecular complexity index is 1440. The van der Waals surface area contributed by atoms with Crippen LogP contribution in [0.1, 0.15) is 12.5 Å². The maximum absolute atomic E-state index is 6.58. The second-order valence-electron chi connectivity index (χ2n) is 8.81. The first-order valence-electron chi connectivity index (χ1n) is 12.3. The molecule has 37 heavy (non-hydrogen) atoms. The Morgan fingerprint density at radius 3 is 1.76 bits per heavy atom. The van der Waals surface area contributed by atoms with E-state index in [0.717, 1.165) is 44.2 Å². The first kappa shape index (κ1) is 25.0. The number of rotatable bonds is 8. The molecule has 5 rings (SSSR count). The minimum atomic E-state index is 0.137. The predicted octanol–water partition coefficient (Wildman–Crippen LogP) is 10.6. The number of hydrogen-bond acceptors (Lipinski definition) is 2. The van der Waals surface area contributed by atoms with Crippen molar-refractivity contribution in [3.8, 4) is 22.3 Å². The van der Waals surface area contributed by atoms with Crippen LogP contribution < -0.4 is 4.90 Å². The number of benzene rings is 5. The molecule has 3 heteroatoms. The Morgan fingerprint density at radius 2 is 1.19 bits per heavy atom. The highest BCUT2D eigenvalue weighted by Crippen LogP contribution is 2.39. The summed E-state index contributed by atoms with van der Waals surface area (Å²) in [5, 5.41) is 0.865. The van der Waals surface area contributed by atoms with Crippen LogP contribution in [0, 0.1) is 0 Å². The van der Waals surface area contributed by atoms with Crippen molar-refractivity contribution in [3.63, 3.8) is 0 Å². The Labute approximate surface area is 229 Å². The largest absolute Gasteiger partial charge is 0.329 e. The average Bonchev–Trinajstić information content (AvgIpc) is 2.94. The number of halogens is 1. The zero-order valence-corrected chi connectivity index (χ0v) is 22.3. The van der Waals surface area contributed by atoms with Crippen molar-refractivity contribution in [1.29, 1.82) is 0 Å². The summed E-state index contributed by atoms with van der Waals surface area (Å²) in [5.74, 6) is 0. The molecule has 0 aromatic heterocycles. The number of anilines is 2. The standard InChI is InChI=1S/C34H28ClNS/c1-3-26-19-20-28(30-21-29(22-31(35)23-30)27-13-7-4-8-14-27)24-34(26)37-25(2)36(32-15-9-5-10-16-32)33-17-11-6-12-18-33/h3-25H,1H2,2H3. The van der Waals surface area contributed by atoms with Gasteiger partial charge in [0, 0.05) is 21.3 Å². The predicted molar refractivity (Wildman–Crippen MR) is 163 cm³/mol. The van der Waals surface area contributed by atoms with Gasteiger partial charge in [-0.05, 0) is 83.3 Å². The molecular weight excluding hydrogens is 490 g/mol. The molecule has 0 fully saturated rings. The summed E-state index contributed by atoms with van der Waals surface area (Å²) >= 11 is 8.41. The molecule has 0 saturated carbocycles. The normalized spacial score (nSPS) is 11.6. The van der Waals surface area contributed by atoms with Gasteiger partial charge in [-0.2, -0.15) is 0 Å². The maximum Gasteiger partial charge on any atom is 0.0817 e. The van der Waals surface area contributed by atoms with Gasteiger partial charge in [-0.25, -0.2) is 0 Å². The quantitative estimate of drug-likeness (QED) is 0.149. The number of para-hydroxylation sites is 2. The van der Waals surface area contributed by atoms with Crippen molar-refractivity contribution in [2.75, 3.05) is 4.90 Å². The van der Waals surface area contributed by atoms with Crippen LogP contribution in [0.5, 0.6) is 0 Å². The van der Waals surface area contributed by atoms with Crippen LogP contribution >= 0.6 is 23.4 Å². The summed E-state index contributed by atoms with van der Waals surface area (Å²) < 4.78 is 0. The molecule has 0 aliphatic carbocycles. The minimum Gasteiger partial charge on any atom is -0.329 e. The molecule has 0 N–H and O–H groups in total. The van der Waals surface area contributed by atoms with Crippen LogP contribution in [0.15, 0.2) is 139 Å². The van der Waals surface area contributed by atoms with Gasteiger partial charge in [0.15, 0.2) is 0 Å². The highest BCUT2D eigenvalue weighted by atomic mass is 35.5. The summed E-state index contributed by atoms with van der Waals surface area (Å²) in [6, 6.07) is 44.3. The highest BCUT2D eigenvalue weighted by molar-refractivity contribution is 8.00. The fourth-order valence-corrected chi connectivity index (χ4v) is 5.95. The van der Waals surface area contributed by atoms with Crippen molar-refractivity contribution in [2.45, 2.75) is 17.2 Å². The van der Waals surface area contributed by atoms with E-state index in [1.807, 2.05) is 36.0 Å². The van der Waals surface area contributed by atoms with Crippen LogP contribution in [-0.2, 0) is 0 Å². The molecule has 0 heterocycles. The summed E-state index contributed by atoms with van der Waals surface area (Å²) in [4.78, 5) is 3.55. The Hall–Kier alpha value is -3.72. The van der Waals surface area contributed by atoms with E-state index < -0.39 is 0 Å². The summed E-state index contributed by atoms with van der Waals surface area (Å²) in [7, 11) is 0. The van der Waals surface area contributed by atoms with Gasteiger partial charge in [-0.1, -0.05) is 103 Å². The summed E-state index contributed by atoms with van der Waals surface area (Å²) in [6.45, 7) is 6.33. The van der Waals surface area contributed by atoms with Gasteiger partial charge < -0.3 is 4.90 Å². The van der Waals surface area contributed by atoms with Crippen molar-refractivity contribution >= 4 is 40.8 Å². The SMILES string of the molecule is C=Cc1ccc(-c2cc(Cl)cc(-c3ccccc3)c2)cc1SC(C)N(c1ccccc1)c1ccccc1. The van der Waals surface area contributed by atoms with Crippen LogP contribution in [0.4, 0.5) is 11.4 Å². The summed E-state index contributed by atoms with van der Waals surface area (Å²) in [6.07, 6.45) is 1.93. The van der Waals surface area contributed by atoms with Crippen LogP contribution in [0.2, 0.25) is 5.02 Å². The second kappa shape index (κ2) is 11.6. The maximum atomic E-state index is 6.58. The van der Waals surface area contributed by atoms with Crippen molar-refractivity contribution in [2.24, 2.45) is 0 Å². The van der Waals surface area contributed by atoms with Crippen LogP contribution in [0.25, 0.3) is 28.3 Å². The lowest BCUT2D eigenvalue weighted by Crippen LogP contribution is -2.25. The minimum absolute atomic E-state index is 0.137. The van der Waals surface area contributed by atoms with Crippen molar-refractivity contribution < 1.29 is 0 Å².